The lowest BCUT2D eigenvalue weighted by molar-refractivity contribution is -0.111. The zero-order valence-corrected chi connectivity index (χ0v) is 12.7. The fourth-order valence-electron chi connectivity index (χ4n) is 1.76. The highest BCUT2D eigenvalue weighted by molar-refractivity contribution is 7.98. The quantitative estimate of drug-likeness (QED) is 0.684. The minimum atomic E-state index is -0.607. The van der Waals surface area contributed by atoms with Gasteiger partial charge in [-0.3, -0.25) is 4.79 Å². The molecule has 0 spiro atoms. The number of amides is 1. The summed E-state index contributed by atoms with van der Waals surface area (Å²) in [4.78, 5) is 13.0. The van der Waals surface area contributed by atoms with E-state index >= 15 is 0 Å². The number of hydrogen-bond acceptors (Lipinski definition) is 3. The van der Waals surface area contributed by atoms with Crippen molar-refractivity contribution in [3.63, 3.8) is 0 Å². The molecule has 5 heteroatoms. The standard InChI is InChI=1S/C17H13FN2OS/c1-22-15-6-2-12(3-7-15)4-9-17(21)20-14-5-8-16(18)13(10-14)11-19/h2-10H,1H3,(H,20,21)/b9-4+. The Labute approximate surface area is 132 Å². The minimum Gasteiger partial charge on any atom is -0.322 e. The number of nitrogens with one attached hydrogen (secondary N) is 1. The van der Waals surface area contributed by atoms with Crippen molar-refractivity contribution in [2.75, 3.05) is 11.6 Å². The van der Waals surface area contributed by atoms with Crippen LogP contribution in [0.5, 0.6) is 0 Å². The predicted molar refractivity (Wildman–Crippen MR) is 87.0 cm³/mol. The van der Waals surface area contributed by atoms with Gasteiger partial charge in [0.2, 0.25) is 5.91 Å². The second-order valence-corrected chi connectivity index (χ2v) is 5.28. The summed E-state index contributed by atoms with van der Waals surface area (Å²) < 4.78 is 13.2. The molecular weight excluding hydrogens is 299 g/mol. The van der Waals surface area contributed by atoms with Gasteiger partial charge < -0.3 is 5.32 Å². The van der Waals surface area contributed by atoms with Gasteiger partial charge in [0.05, 0.1) is 5.56 Å². The number of thioether (sulfide) groups is 1. The number of hydrogen-bond donors (Lipinski definition) is 1. The van der Waals surface area contributed by atoms with E-state index < -0.39 is 5.82 Å². The molecule has 22 heavy (non-hydrogen) atoms. The first kappa shape index (κ1) is 15.8. The Morgan fingerprint density at radius 2 is 2.00 bits per heavy atom. The molecule has 0 aliphatic carbocycles. The summed E-state index contributed by atoms with van der Waals surface area (Å²) in [6.45, 7) is 0. The minimum absolute atomic E-state index is 0.102. The van der Waals surface area contributed by atoms with Gasteiger partial charge >= 0.3 is 0 Å². The van der Waals surface area contributed by atoms with E-state index in [1.54, 1.807) is 23.9 Å². The molecule has 0 aliphatic rings. The number of carbonyl (C=O) groups is 1. The van der Waals surface area contributed by atoms with Gasteiger partial charge in [0, 0.05) is 16.7 Å². The van der Waals surface area contributed by atoms with Gasteiger partial charge in [-0.15, -0.1) is 11.8 Å². The van der Waals surface area contributed by atoms with Gasteiger partial charge in [-0.1, -0.05) is 12.1 Å². The number of nitriles is 1. The van der Waals surface area contributed by atoms with Gasteiger partial charge in [-0.25, -0.2) is 4.39 Å². The van der Waals surface area contributed by atoms with Crippen LogP contribution in [0.3, 0.4) is 0 Å². The van der Waals surface area contributed by atoms with Crippen molar-refractivity contribution in [2.45, 2.75) is 4.90 Å². The van der Waals surface area contributed by atoms with E-state index in [0.29, 0.717) is 5.69 Å². The maximum Gasteiger partial charge on any atom is 0.248 e. The van der Waals surface area contributed by atoms with E-state index in [0.717, 1.165) is 16.5 Å². The Morgan fingerprint density at radius 3 is 2.64 bits per heavy atom. The Bertz CT molecular complexity index is 748. The molecule has 0 unspecified atom stereocenters. The maximum absolute atomic E-state index is 13.2. The van der Waals surface area contributed by atoms with Crippen molar-refractivity contribution in [3.05, 3.63) is 65.5 Å². The number of carbonyl (C=O) groups excluding carboxylic acids is 1. The van der Waals surface area contributed by atoms with Gasteiger partial charge in [0.25, 0.3) is 0 Å². The molecule has 110 valence electrons. The van der Waals surface area contributed by atoms with E-state index in [9.17, 15) is 9.18 Å². The second kappa shape index (κ2) is 7.43. The van der Waals surface area contributed by atoms with Crippen LogP contribution in [0.4, 0.5) is 10.1 Å². The van der Waals surface area contributed by atoms with Crippen molar-refractivity contribution >= 4 is 29.4 Å². The molecule has 2 aromatic rings. The molecule has 0 aliphatic heterocycles. The van der Waals surface area contributed by atoms with E-state index in [1.807, 2.05) is 30.5 Å². The first-order chi connectivity index (χ1) is 10.6. The van der Waals surface area contributed by atoms with Crippen molar-refractivity contribution in [1.82, 2.24) is 0 Å². The Kier molecular flexibility index (Phi) is 5.34. The summed E-state index contributed by atoms with van der Waals surface area (Å²) in [5.41, 5.74) is 1.18. The SMILES string of the molecule is CSc1ccc(/C=C/C(=O)Nc2ccc(F)c(C#N)c2)cc1. The van der Waals surface area contributed by atoms with Crippen molar-refractivity contribution < 1.29 is 9.18 Å². The number of rotatable bonds is 4. The summed E-state index contributed by atoms with van der Waals surface area (Å²) in [6, 6.07) is 13.4. The van der Waals surface area contributed by atoms with Crippen molar-refractivity contribution in [3.8, 4) is 6.07 Å². The molecular formula is C17H13FN2OS. The monoisotopic (exact) mass is 312 g/mol. The van der Waals surface area contributed by atoms with E-state index in [2.05, 4.69) is 5.32 Å². The summed E-state index contributed by atoms with van der Waals surface area (Å²) >= 11 is 1.65. The van der Waals surface area contributed by atoms with Crippen LogP contribution in [-0.2, 0) is 4.79 Å². The molecule has 0 atom stereocenters. The van der Waals surface area contributed by atoms with E-state index in [-0.39, 0.29) is 11.5 Å². The summed E-state index contributed by atoms with van der Waals surface area (Å²) in [5, 5.41) is 11.3. The molecule has 0 aromatic heterocycles. The second-order valence-electron chi connectivity index (χ2n) is 4.40. The van der Waals surface area contributed by atoms with Crippen LogP contribution >= 0.6 is 11.8 Å². The lowest BCUT2D eigenvalue weighted by atomic mass is 10.2. The highest BCUT2D eigenvalue weighted by Crippen LogP contribution is 2.16. The summed E-state index contributed by atoms with van der Waals surface area (Å²) in [6.07, 6.45) is 5.08. The average molecular weight is 312 g/mol. The molecule has 0 radical (unpaired) electrons. The molecule has 1 amide bonds. The van der Waals surface area contributed by atoms with Crippen LogP contribution in [0.2, 0.25) is 0 Å². The zero-order valence-electron chi connectivity index (χ0n) is 11.8. The van der Waals surface area contributed by atoms with Gasteiger partial charge in [0.15, 0.2) is 0 Å². The van der Waals surface area contributed by atoms with Gasteiger partial charge in [-0.2, -0.15) is 5.26 Å². The van der Waals surface area contributed by atoms with Crippen molar-refractivity contribution in [1.29, 1.82) is 5.26 Å². The number of halogens is 1. The third kappa shape index (κ3) is 4.21. The Morgan fingerprint density at radius 1 is 1.27 bits per heavy atom. The van der Waals surface area contributed by atoms with Crippen LogP contribution in [-0.4, -0.2) is 12.2 Å². The molecule has 2 aromatic carbocycles. The lowest BCUT2D eigenvalue weighted by Gasteiger charge is -2.03. The van der Waals surface area contributed by atoms with Crippen LogP contribution in [0, 0.1) is 17.1 Å². The highest BCUT2D eigenvalue weighted by atomic mass is 32.2. The maximum atomic E-state index is 13.2. The molecule has 0 saturated heterocycles. The molecule has 0 heterocycles. The summed E-state index contributed by atoms with van der Waals surface area (Å²) in [5.74, 6) is -0.950. The molecule has 0 saturated carbocycles. The van der Waals surface area contributed by atoms with E-state index in [1.165, 1.54) is 18.2 Å². The summed E-state index contributed by atoms with van der Waals surface area (Å²) in [7, 11) is 0. The fraction of sp³-hybridized carbons (Fsp3) is 0.0588. The fourth-order valence-corrected chi connectivity index (χ4v) is 2.17. The molecule has 0 bridgehead atoms. The number of nitrogens with zero attached hydrogens (tertiary/aromatic N) is 1. The zero-order chi connectivity index (χ0) is 15.9. The Balaban J connectivity index is 2.03. The average Bonchev–Trinajstić information content (AvgIpc) is 2.55. The first-order valence-corrected chi connectivity index (χ1v) is 7.67. The van der Waals surface area contributed by atoms with Crippen molar-refractivity contribution in [2.24, 2.45) is 0 Å². The third-order valence-electron chi connectivity index (χ3n) is 2.90. The smallest absolute Gasteiger partial charge is 0.248 e. The number of anilines is 1. The normalized spacial score (nSPS) is 10.4. The predicted octanol–water partition coefficient (Wildman–Crippen LogP) is 4.07. The first-order valence-electron chi connectivity index (χ1n) is 6.45. The van der Waals surface area contributed by atoms with Crippen LogP contribution < -0.4 is 5.32 Å². The molecule has 3 nitrogen and oxygen atoms in total. The van der Waals surface area contributed by atoms with Crippen LogP contribution in [0.1, 0.15) is 11.1 Å². The molecule has 1 N–H and O–H groups in total. The van der Waals surface area contributed by atoms with Crippen LogP contribution in [0.25, 0.3) is 6.08 Å². The molecule has 0 fully saturated rings. The largest absolute Gasteiger partial charge is 0.322 e. The van der Waals surface area contributed by atoms with Gasteiger partial charge in [-0.05, 0) is 48.2 Å². The van der Waals surface area contributed by atoms with Crippen LogP contribution in [0.15, 0.2) is 53.4 Å². The Hall–Kier alpha value is -2.58. The molecule has 2 rings (SSSR count). The highest BCUT2D eigenvalue weighted by Gasteiger charge is 2.04. The third-order valence-corrected chi connectivity index (χ3v) is 3.64. The van der Waals surface area contributed by atoms with E-state index in [4.69, 9.17) is 5.26 Å². The lowest BCUT2D eigenvalue weighted by Crippen LogP contribution is -2.08. The van der Waals surface area contributed by atoms with Gasteiger partial charge in [0.1, 0.15) is 11.9 Å². The topological polar surface area (TPSA) is 52.9 Å². The number of benzene rings is 2.